The monoisotopic (exact) mass is 326 g/mol. The number of esters is 1. The van der Waals surface area contributed by atoms with Gasteiger partial charge in [0.05, 0.1) is 6.61 Å². The van der Waals surface area contributed by atoms with Crippen molar-refractivity contribution in [2.45, 2.75) is 26.2 Å². The Labute approximate surface area is 138 Å². The maximum atomic E-state index is 11.0. The zero-order valence-electron chi connectivity index (χ0n) is 12.4. The fraction of sp³-hybridized carbons (Fsp3) is 0.278. The van der Waals surface area contributed by atoms with Crippen LogP contribution in [0.4, 0.5) is 0 Å². The van der Waals surface area contributed by atoms with E-state index >= 15 is 0 Å². The molecule has 0 unspecified atom stereocenters. The molecule has 2 aromatic rings. The summed E-state index contributed by atoms with van der Waals surface area (Å²) in [6, 6.07) is 18.3. The van der Waals surface area contributed by atoms with E-state index in [0.717, 1.165) is 19.3 Å². The van der Waals surface area contributed by atoms with Gasteiger partial charge in [-0.15, -0.1) is 0 Å². The summed E-state index contributed by atoms with van der Waals surface area (Å²) in [4.78, 5) is 11.0. The van der Waals surface area contributed by atoms with Gasteiger partial charge in [0.25, 0.3) is 0 Å². The van der Waals surface area contributed by atoms with Gasteiger partial charge in [-0.2, -0.15) is 35.9 Å². The molecule has 114 valence electrons. The zero-order valence-corrected chi connectivity index (χ0v) is 13.5. The average molecular weight is 326 g/mol. The smallest absolute Gasteiger partial charge is 0.462 e. The normalized spacial score (nSPS) is 9.00. The molecule has 2 rings (SSSR count). The minimum absolute atomic E-state index is 0. The summed E-state index contributed by atoms with van der Waals surface area (Å²) in [7, 11) is 0. The summed E-state index contributed by atoms with van der Waals surface area (Å²) in [5, 5.41) is 0. The Kier molecular flexibility index (Phi) is 11.3. The topological polar surface area (TPSA) is 26.3 Å². The third-order valence-electron chi connectivity index (χ3n) is 2.73. The summed E-state index contributed by atoms with van der Waals surface area (Å²) in [6.45, 7) is 5.67. The first-order chi connectivity index (χ1) is 9.70. The molecule has 3 heteroatoms. The van der Waals surface area contributed by atoms with E-state index in [1.54, 1.807) is 6.92 Å². The first kappa shape index (κ1) is 19.4. The molecule has 0 N–H and O–H groups in total. The second kappa shape index (κ2) is 12.2. The van der Waals surface area contributed by atoms with Crippen molar-refractivity contribution in [2.75, 3.05) is 6.61 Å². The molecule has 0 spiro atoms. The van der Waals surface area contributed by atoms with E-state index in [1.807, 2.05) is 42.5 Å². The molecule has 0 fully saturated rings. The second-order valence-corrected chi connectivity index (χ2v) is 4.63. The molecule has 0 bridgehead atoms. The molecule has 2 nitrogen and oxygen atoms in total. The number of rotatable bonds is 6. The number of aryl methyl sites for hydroxylation is 1. The van der Waals surface area contributed by atoms with Crippen LogP contribution in [-0.2, 0) is 33.0 Å². The van der Waals surface area contributed by atoms with Gasteiger partial charge in [0.15, 0.2) is 0 Å². The first-order valence-electron chi connectivity index (χ1n) is 6.90. The van der Waals surface area contributed by atoms with Crippen LogP contribution in [0.1, 0.15) is 25.3 Å². The summed E-state index contributed by atoms with van der Waals surface area (Å²) in [5.74, 6) is -0.289. The van der Waals surface area contributed by atoms with Crippen LogP contribution in [0, 0.1) is 0 Å². The van der Waals surface area contributed by atoms with E-state index in [1.165, 1.54) is 5.56 Å². The first-order valence-corrected chi connectivity index (χ1v) is 6.90. The van der Waals surface area contributed by atoms with E-state index < -0.39 is 0 Å². The molecule has 0 aliphatic carbocycles. The molecule has 21 heavy (non-hydrogen) atoms. The largest absolute Gasteiger partial charge is 2.00 e. The van der Waals surface area contributed by atoms with Crippen LogP contribution in [-0.4, -0.2) is 12.6 Å². The Hall–Kier alpha value is -1.57. The van der Waals surface area contributed by atoms with E-state index in [4.69, 9.17) is 4.74 Å². The molecule has 0 aromatic heterocycles. The van der Waals surface area contributed by atoms with Crippen molar-refractivity contribution in [3.05, 3.63) is 72.3 Å². The third-order valence-corrected chi connectivity index (χ3v) is 2.73. The van der Waals surface area contributed by atoms with Crippen molar-refractivity contribution in [2.24, 2.45) is 0 Å². The number of ether oxygens (including phenoxy) is 1. The van der Waals surface area contributed by atoms with Crippen molar-refractivity contribution in [1.82, 2.24) is 0 Å². The van der Waals surface area contributed by atoms with Crippen LogP contribution < -0.4 is 0 Å². The standard InChI is InChI=1S/C13H17O2.C5H5.Fe/c1-11(2)13(14)15-10-6-5-9-12-7-3-4-8-12;1-2-4-5-3-1;/h3-4,7-8H,1,5-6,9-10H2,2H3;1-5H;/q2*-1;+2. The molecular weight excluding hydrogens is 304 g/mol. The van der Waals surface area contributed by atoms with Crippen LogP contribution >= 0.6 is 0 Å². The molecule has 0 heterocycles. The fourth-order valence-electron chi connectivity index (χ4n) is 1.62. The Balaban J connectivity index is 0.000000562. The number of hydrogen-bond donors (Lipinski definition) is 0. The van der Waals surface area contributed by atoms with E-state index in [2.05, 4.69) is 18.7 Å². The van der Waals surface area contributed by atoms with Crippen LogP contribution in [0.15, 0.2) is 66.7 Å². The Morgan fingerprint density at radius 1 is 1.14 bits per heavy atom. The summed E-state index contributed by atoms with van der Waals surface area (Å²) >= 11 is 0. The van der Waals surface area contributed by atoms with Gasteiger partial charge in [0, 0.05) is 5.57 Å². The SMILES string of the molecule is C=C(C)C(=O)OCCCC[c-]1cccc1.[Fe+2].c1cc[cH-]c1. The fourth-order valence-corrected chi connectivity index (χ4v) is 1.62. The molecule has 0 atom stereocenters. The van der Waals surface area contributed by atoms with Gasteiger partial charge in [-0.05, 0) is 13.3 Å². The van der Waals surface area contributed by atoms with Gasteiger partial charge >= 0.3 is 23.0 Å². The quantitative estimate of drug-likeness (QED) is 0.261. The molecule has 0 amide bonds. The minimum Gasteiger partial charge on any atom is -0.462 e. The van der Waals surface area contributed by atoms with Gasteiger partial charge in [0.1, 0.15) is 0 Å². The van der Waals surface area contributed by atoms with Crippen molar-refractivity contribution in [3.8, 4) is 0 Å². The molecule has 0 aliphatic rings. The maximum absolute atomic E-state index is 11.0. The Bertz CT molecular complexity index is 452. The third kappa shape index (κ3) is 9.89. The van der Waals surface area contributed by atoms with E-state index in [0.29, 0.717) is 12.2 Å². The van der Waals surface area contributed by atoms with Crippen LogP contribution in [0.3, 0.4) is 0 Å². The molecule has 0 aliphatic heterocycles. The number of carbonyl (C=O) groups is 1. The van der Waals surface area contributed by atoms with Crippen LogP contribution in [0.25, 0.3) is 0 Å². The molecule has 0 saturated carbocycles. The van der Waals surface area contributed by atoms with Gasteiger partial charge < -0.3 is 4.74 Å². The second-order valence-electron chi connectivity index (χ2n) is 4.63. The predicted octanol–water partition coefficient (Wildman–Crippen LogP) is 4.25. The minimum atomic E-state index is -0.289. The molecule has 0 saturated heterocycles. The summed E-state index contributed by atoms with van der Waals surface area (Å²) in [6.07, 6.45) is 3.01. The molecule has 0 radical (unpaired) electrons. The van der Waals surface area contributed by atoms with Crippen molar-refractivity contribution in [1.29, 1.82) is 0 Å². The summed E-state index contributed by atoms with van der Waals surface area (Å²) in [5.41, 5.74) is 1.81. The van der Waals surface area contributed by atoms with Crippen molar-refractivity contribution < 1.29 is 26.6 Å². The number of unbranched alkanes of at least 4 members (excludes halogenated alkanes) is 1. The summed E-state index contributed by atoms with van der Waals surface area (Å²) < 4.78 is 4.98. The zero-order chi connectivity index (χ0) is 14.6. The van der Waals surface area contributed by atoms with Crippen LogP contribution in [0.5, 0.6) is 0 Å². The van der Waals surface area contributed by atoms with Crippen LogP contribution in [0.2, 0.25) is 0 Å². The van der Waals surface area contributed by atoms with E-state index in [-0.39, 0.29) is 23.0 Å². The van der Waals surface area contributed by atoms with E-state index in [9.17, 15) is 4.79 Å². The average Bonchev–Trinajstić information content (AvgIpc) is 3.14. The predicted molar refractivity (Wildman–Crippen MR) is 82.8 cm³/mol. The number of carbonyl (C=O) groups excluding carboxylic acids is 1. The maximum Gasteiger partial charge on any atom is 2.00 e. The van der Waals surface area contributed by atoms with Gasteiger partial charge in [-0.3, -0.25) is 0 Å². The van der Waals surface area contributed by atoms with Crippen molar-refractivity contribution >= 4 is 5.97 Å². The van der Waals surface area contributed by atoms with Crippen molar-refractivity contribution in [3.63, 3.8) is 0 Å². The number of hydrogen-bond acceptors (Lipinski definition) is 2. The molecule has 2 aromatic carbocycles. The Morgan fingerprint density at radius 3 is 2.24 bits per heavy atom. The van der Waals surface area contributed by atoms with Gasteiger partial charge in [-0.25, -0.2) is 29.1 Å². The van der Waals surface area contributed by atoms with Gasteiger partial charge in [0.2, 0.25) is 0 Å². The molecular formula is C18H22FeO2. The Morgan fingerprint density at radius 2 is 1.76 bits per heavy atom. The van der Waals surface area contributed by atoms with Gasteiger partial charge in [-0.1, -0.05) is 19.4 Å².